The molecule has 1 saturated carbocycles. The summed E-state index contributed by atoms with van der Waals surface area (Å²) in [5, 5.41) is 21.6. The molecule has 0 spiro atoms. The van der Waals surface area contributed by atoms with E-state index in [-0.39, 0.29) is 23.0 Å². The average molecular weight is 235 g/mol. The molecule has 3 N–H and O–H groups in total. The summed E-state index contributed by atoms with van der Waals surface area (Å²) in [6.45, 7) is 2.72. The van der Waals surface area contributed by atoms with Crippen LogP contribution in [0.1, 0.15) is 30.1 Å². The van der Waals surface area contributed by atoms with Crippen molar-refractivity contribution in [2.45, 2.75) is 19.8 Å². The predicted octanol–water partition coefficient (Wildman–Crippen LogP) is 1.87. The lowest BCUT2D eigenvalue weighted by Crippen LogP contribution is -2.29. The minimum atomic E-state index is -0.357. The zero-order chi connectivity index (χ0) is 12.4. The normalized spacial score (nSPS) is 16.5. The number of rotatable bonds is 4. The molecule has 92 valence electrons. The van der Waals surface area contributed by atoms with Crippen molar-refractivity contribution >= 4 is 5.91 Å². The second-order valence-corrected chi connectivity index (χ2v) is 4.70. The number of benzene rings is 1. The fourth-order valence-electron chi connectivity index (χ4n) is 1.90. The Bertz CT molecular complexity index is 427. The molecule has 17 heavy (non-hydrogen) atoms. The Labute approximate surface area is 100 Å². The van der Waals surface area contributed by atoms with Crippen LogP contribution in [0, 0.1) is 11.8 Å². The lowest BCUT2D eigenvalue weighted by Gasteiger charge is -2.12. The van der Waals surface area contributed by atoms with Gasteiger partial charge in [0.05, 0.1) is 5.56 Å². The van der Waals surface area contributed by atoms with Crippen LogP contribution in [0.15, 0.2) is 18.2 Å². The second-order valence-electron chi connectivity index (χ2n) is 4.70. The quantitative estimate of drug-likeness (QED) is 0.698. The van der Waals surface area contributed by atoms with E-state index in [1.165, 1.54) is 31.0 Å². The van der Waals surface area contributed by atoms with Crippen molar-refractivity contribution in [3.8, 4) is 11.5 Å². The lowest BCUT2D eigenvalue weighted by atomic mass is 10.1. The molecular weight excluding hydrogens is 218 g/mol. The minimum Gasteiger partial charge on any atom is -0.504 e. The Morgan fingerprint density at radius 2 is 2.18 bits per heavy atom. The number of aromatic hydroxyl groups is 2. The van der Waals surface area contributed by atoms with Crippen LogP contribution >= 0.6 is 0 Å². The molecule has 1 aromatic rings. The molecule has 1 aromatic carbocycles. The Morgan fingerprint density at radius 1 is 1.47 bits per heavy atom. The smallest absolute Gasteiger partial charge is 0.255 e. The van der Waals surface area contributed by atoms with Gasteiger partial charge in [-0.3, -0.25) is 4.79 Å². The van der Waals surface area contributed by atoms with Crippen LogP contribution in [-0.2, 0) is 0 Å². The Balaban J connectivity index is 1.96. The van der Waals surface area contributed by atoms with Gasteiger partial charge in [-0.25, -0.2) is 0 Å². The van der Waals surface area contributed by atoms with Crippen molar-refractivity contribution in [2.75, 3.05) is 6.54 Å². The fraction of sp³-hybridized carbons (Fsp3) is 0.462. The third-order valence-electron chi connectivity index (χ3n) is 3.27. The number of hydrogen-bond acceptors (Lipinski definition) is 3. The van der Waals surface area contributed by atoms with E-state index in [0.29, 0.717) is 12.5 Å². The molecule has 0 saturated heterocycles. The Morgan fingerprint density at radius 3 is 2.82 bits per heavy atom. The SMILES string of the molecule is CC(CNC(=O)c1cccc(O)c1O)C1CC1. The third-order valence-corrected chi connectivity index (χ3v) is 3.27. The number of amides is 1. The molecule has 0 radical (unpaired) electrons. The van der Waals surface area contributed by atoms with Gasteiger partial charge in [-0.1, -0.05) is 13.0 Å². The van der Waals surface area contributed by atoms with Gasteiger partial charge in [-0.15, -0.1) is 0 Å². The molecule has 2 rings (SSSR count). The molecule has 4 heteroatoms. The van der Waals surface area contributed by atoms with Crippen LogP contribution in [0.2, 0.25) is 0 Å². The highest BCUT2D eigenvalue weighted by molar-refractivity contribution is 5.97. The first kappa shape index (κ1) is 11.8. The van der Waals surface area contributed by atoms with E-state index >= 15 is 0 Å². The molecule has 0 aliphatic heterocycles. The second kappa shape index (κ2) is 4.65. The van der Waals surface area contributed by atoms with Gasteiger partial charge in [-0.05, 0) is 36.8 Å². The van der Waals surface area contributed by atoms with Crippen LogP contribution in [0.3, 0.4) is 0 Å². The Kier molecular flexibility index (Phi) is 3.22. The number of phenolic OH excluding ortho intramolecular Hbond substituents is 2. The van der Waals surface area contributed by atoms with Crippen molar-refractivity contribution in [1.29, 1.82) is 0 Å². The highest BCUT2D eigenvalue weighted by atomic mass is 16.3. The fourth-order valence-corrected chi connectivity index (χ4v) is 1.90. The molecule has 0 heterocycles. The van der Waals surface area contributed by atoms with E-state index in [4.69, 9.17) is 0 Å². The van der Waals surface area contributed by atoms with Crippen LogP contribution in [0.25, 0.3) is 0 Å². The zero-order valence-electron chi connectivity index (χ0n) is 9.81. The largest absolute Gasteiger partial charge is 0.504 e. The molecular formula is C13H17NO3. The van der Waals surface area contributed by atoms with Crippen molar-refractivity contribution < 1.29 is 15.0 Å². The lowest BCUT2D eigenvalue weighted by molar-refractivity contribution is 0.0943. The zero-order valence-corrected chi connectivity index (χ0v) is 9.81. The van der Waals surface area contributed by atoms with Crippen molar-refractivity contribution in [2.24, 2.45) is 11.8 Å². The molecule has 1 atom stereocenters. The maximum absolute atomic E-state index is 11.8. The van der Waals surface area contributed by atoms with Gasteiger partial charge in [0.2, 0.25) is 0 Å². The summed E-state index contributed by atoms with van der Waals surface area (Å²) in [4.78, 5) is 11.8. The molecule has 1 amide bonds. The monoisotopic (exact) mass is 235 g/mol. The summed E-state index contributed by atoms with van der Waals surface area (Å²) >= 11 is 0. The van der Waals surface area contributed by atoms with Crippen LogP contribution in [0.4, 0.5) is 0 Å². The molecule has 1 fully saturated rings. The van der Waals surface area contributed by atoms with Gasteiger partial charge in [0, 0.05) is 6.54 Å². The number of carbonyl (C=O) groups is 1. The van der Waals surface area contributed by atoms with Gasteiger partial charge in [0.25, 0.3) is 5.91 Å². The molecule has 1 aliphatic carbocycles. The van der Waals surface area contributed by atoms with Gasteiger partial charge >= 0.3 is 0 Å². The number of carbonyl (C=O) groups excluding carboxylic acids is 1. The van der Waals surface area contributed by atoms with Gasteiger partial charge in [-0.2, -0.15) is 0 Å². The van der Waals surface area contributed by atoms with Gasteiger partial charge in [0.15, 0.2) is 11.5 Å². The van der Waals surface area contributed by atoms with Crippen LogP contribution in [0.5, 0.6) is 11.5 Å². The number of hydrogen-bond donors (Lipinski definition) is 3. The van der Waals surface area contributed by atoms with Crippen LogP contribution in [-0.4, -0.2) is 22.7 Å². The maximum Gasteiger partial charge on any atom is 0.255 e. The van der Waals surface area contributed by atoms with Crippen molar-refractivity contribution in [1.82, 2.24) is 5.32 Å². The third kappa shape index (κ3) is 2.70. The molecule has 1 aliphatic rings. The topological polar surface area (TPSA) is 69.6 Å². The minimum absolute atomic E-state index is 0.119. The number of para-hydroxylation sites is 1. The summed E-state index contributed by atoms with van der Waals surface area (Å²) in [5.74, 6) is 0.231. The molecule has 0 bridgehead atoms. The number of nitrogens with one attached hydrogen (secondary N) is 1. The highest BCUT2D eigenvalue weighted by Gasteiger charge is 2.28. The van der Waals surface area contributed by atoms with E-state index < -0.39 is 0 Å². The van der Waals surface area contributed by atoms with E-state index in [9.17, 15) is 15.0 Å². The predicted molar refractivity (Wildman–Crippen MR) is 64.0 cm³/mol. The summed E-state index contributed by atoms with van der Waals surface area (Å²) in [5.41, 5.74) is 0.119. The van der Waals surface area contributed by atoms with E-state index in [1.807, 2.05) is 0 Å². The van der Waals surface area contributed by atoms with Crippen LogP contribution < -0.4 is 5.32 Å². The first-order valence-electron chi connectivity index (χ1n) is 5.88. The summed E-state index contributed by atoms with van der Waals surface area (Å²) in [6, 6.07) is 4.37. The first-order chi connectivity index (χ1) is 8.09. The highest BCUT2D eigenvalue weighted by Crippen LogP contribution is 2.36. The van der Waals surface area contributed by atoms with E-state index in [1.54, 1.807) is 0 Å². The summed E-state index contributed by atoms with van der Waals surface area (Å²) < 4.78 is 0. The summed E-state index contributed by atoms with van der Waals surface area (Å²) in [6.07, 6.45) is 2.49. The Hall–Kier alpha value is -1.71. The molecule has 4 nitrogen and oxygen atoms in total. The van der Waals surface area contributed by atoms with Gasteiger partial charge in [0.1, 0.15) is 0 Å². The molecule has 0 aromatic heterocycles. The standard InChI is InChI=1S/C13H17NO3/c1-8(9-5-6-9)7-14-13(17)10-3-2-4-11(15)12(10)16/h2-4,8-9,15-16H,5-7H2,1H3,(H,14,17). The van der Waals surface area contributed by atoms with E-state index in [2.05, 4.69) is 12.2 Å². The van der Waals surface area contributed by atoms with Gasteiger partial charge < -0.3 is 15.5 Å². The first-order valence-corrected chi connectivity index (χ1v) is 5.88. The maximum atomic E-state index is 11.8. The average Bonchev–Trinajstić information content (AvgIpc) is 3.13. The van der Waals surface area contributed by atoms with Crippen molar-refractivity contribution in [3.05, 3.63) is 23.8 Å². The van der Waals surface area contributed by atoms with Crippen molar-refractivity contribution in [3.63, 3.8) is 0 Å². The summed E-state index contributed by atoms with van der Waals surface area (Å²) in [7, 11) is 0. The number of phenols is 2. The molecule has 1 unspecified atom stereocenters. The van der Waals surface area contributed by atoms with E-state index in [0.717, 1.165) is 5.92 Å².